The zero-order valence-corrected chi connectivity index (χ0v) is 7.44. The Morgan fingerprint density at radius 2 is 2.08 bits per heavy atom. The van der Waals surface area contributed by atoms with E-state index in [2.05, 4.69) is 4.98 Å². The third-order valence-electron chi connectivity index (χ3n) is 1.87. The van der Waals surface area contributed by atoms with E-state index >= 15 is 0 Å². The summed E-state index contributed by atoms with van der Waals surface area (Å²) in [6, 6.07) is 5.76. The van der Waals surface area contributed by atoms with Crippen LogP contribution in [0.25, 0.3) is 10.9 Å². The van der Waals surface area contributed by atoms with Gasteiger partial charge in [0.2, 0.25) is 0 Å². The number of nitrogen functional groups attached to an aromatic ring is 1. The summed E-state index contributed by atoms with van der Waals surface area (Å²) in [7, 11) is 0. The van der Waals surface area contributed by atoms with Gasteiger partial charge in [-0.15, -0.1) is 0 Å². The highest BCUT2D eigenvalue weighted by molar-refractivity contribution is 6.33. The molecular formula is C9H9ClN2. The van der Waals surface area contributed by atoms with Crippen molar-refractivity contribution in [3.8, 4) is 0 Å². The number of nitrogens with two attached hydrogens (primary N) is 1. The van der Waals surface area contributed by atoms with Crippen LogP contribution < -0.4 is 5.73 Å². The SMILES string of the molecule is Cc1cc2cc(Cl)c(N)cc2[nH]1. The van der Waals surface area contributed by atoms with Crippen molar-refractivity contribution in [2.75, 3.05) is 5.73 Å². The van der Waals surface area contributed by atoms with Gasteiger partial charge in [-0.1, -0.05) is 11.6 Å². The molecule has 0 aliphatic heterocycles. The maximum atomic E-state index is 5.86. The lowest BCUT2D eigenvalue weighted by Crippen LogP contribution is -1.84. The number of aromatic nitrogens is 1. The summed E-state index contributed by atoms with van der Waals surface area (Å²) >= 11 is 5.86. The lowest BCUT2D eigenvalue weighted by molar-refractivity contribution is 1.30. The predicted octanol–water partition coefficient (Wildman–Crippen LogP) is 2.71. The molecule has 0 aliphatic rings. The van der Waals surface area contributed by atoms with Gasteiger partial charge in [0.05, 0.1) is 10.7 Å². The maximum absolute atomic E-state index is 5.86. The van der Waals surface area contributed by atoms with E-state index in [1.807, 2.05) is 25.1 Å². The molecule has 3 N–H and O–H groups in total. The van der Waals surface area contributed by atoms with Gasteiger partial charge >= 0.3 is 0 Å². The van der Waals surface area contributed by atoms with Crippen molar-refractivity contribution in [1.29, 1.82) is 0 Å². The van der Waals surface area contributed by atoms with Crippen LogP contribution in [0.15, 0.2) is 18.2 Å². The normalized spacial score (nSPS) is 10.8. The van der Waals surface area contributed by atoms with Crippen LogP contribution in [0.5, 0.6) is 0 Å². The predicted molar refractivity (Wildman–Crippen MR) is 52.5 cm³/mol. The van der Waals surface area contributed by atoms with Gasteiger partial charge in [0, 0.05) is 16.6 Å². The summed E-state index contributed by atoms with van der Waals surface area (Å²) in [4.78, 5) is 3.19. The molecule has 0 atom stereocenters. The molecule has 62 valence electrons. The number of nitrogens with one attached hydrogen (secondary N) is 1. The van der Waals surface area contributed by atoms with Crippen LogP contribution in [-0.4, -0.2) is 4.98 Å². The molecule has 1 aromatic heterocycles. The van der Waals surface area contributed by atoms with Crippen molar-refractivity contribution >= 4 is 28.2 Å². The fraction of sp³-hybridized carbons (Fsp3) is 0.111. The molecule has 2 rings (SSSR count). The van der Waals surface area contributed by atoms with E-state index in [0.717, 1.165) is 16.6 Å². The van der Waals surface area contributed by atoms with Crippen molar-refractivity contribution in [2.24, 2.45) is 0 Å². The van der Waals surface area contributed by atoms with E-state index < -0.39 is 0 Å². The molecule has 0 aliphatic carbocycles. The summed E-state index contributed by atoms with van der Waals surface area (Å²) < 4.78 is 0. The molecular weight excluding hydrogens is 172 g/mol. The molecule has 0 saturated carbocycles. The first-order valence-corrected chi connectivity index (χ1v) is 4.09. The van der Waals surface area contributed by atoms with Gasteiger partial charge in [0.15, 0.2) is 0 Å². The number of anilines is 1. The second-order valence-corrected chi connectivity index (χ2v) is 3.32. The Kier molecular flexibility index (Phi) is 1.51. The van der Waals surface area contributed by atoms with Crippen LogP contribution in [0.3, 0.4) is 0 Å². The minimum Gasteiger partial charge on any atom is -0.397 e. The van der Waals surface area contributed by atoms with E-state index in [0.29, 0.717) is 10.7 Å². The number of rotatable bonds is 0. The van der Waals surface area contributed by atoms with Gasteiger partial charge in [-0.05, 0) is 25.1 Å². The number of hydrogen-bond acceptors (Lipinski definition) is 1. The lowest BCUT2D eigenvalue weighted by Gasteiger charge is -1.96. The van der Waals surface area contributed by atoms with Gasteiger partial charge in [0.1, 0.15) is 0 Å². The summed E-state index contributed by atoms with van der Waals surface area (Å²) in [5, 5.41) is 1.72. The highest BCUT2D eigenvalue weighted by Crippen LogP contribution is 2.25. The number of H-pyrrole nitrogens is 1. The van der Waals surface area contributed by atoms with E-state index in [1.165, 1.54) is 0 Å². The Hall–Kier alpha value is -1.15. The average molecular weight is 181 g/mol. The molecule has 0 saturated heterocycles. The van der Waals surface area contributed by atoms with Crippen molar-refractivity contribution in [2.45, 2.75) is 6.92 Å². The van der Waals surface area contributed by atoms with Crippen LogP contribution in [0.2, 0.25) is 5.02 Å². The van der Waals surface area contributed by atoms with Crippen LogP contribution in [0.1, 0.15) is 5.69 Å². The fourth-order valence-corrected chi connectivity index (χ4v) is 1.49. The molecule has 0 spiro atoms. The standard InChI is InChI=1S/C9H9ClN2/c1-5-2-6-3-7(10)8(11)4-9(6)12-5/h2-4,12H,11H2,1H3. The van der Waals surface area contributed by atoms with Crippen LogP contribution in [0, 0.1) is 6.92 Å². The number of aromatic amines is 1. The van der Waals surface area contributed by atoms with Crippen molar-refractivity contribution < 1.29 is 0 Å². The molecule has 0 fully saturated rings. The Labute approximate surface area is 75.3 Å². The van der Waals surface area contributed by atoms with Gasteiger partial charge in [0.25, 0.3) is 0 Å². The molecule has 1 heterocycles. The topological polar surface area (TPSA) is 41.8 Å². The summed E-state index contributed by atoms with van der Waals surface area (Å²) in [6.07, 6.45) is 0. The molecule has 3 heteroatoms. The quantitative estimate of drug-likeness (QED) is 0.602. The molecule has 0 unspecified atom stereocenters. The van der Waals surface area contributed by atoms with Crippen LogP contribution in [-0.2, 0) is 0 Å². The van der Waals surface area contributed by atoms with Crippen molar-refractivity contribution in [3.63, 3.8) is 0 Å². The molecule has 2 nitrogen and oxygen atoms in total. The van der Waals surface area contributed by atoms with E-state index in [-0.39, 0.29) is 0 Å². The zero-order chi connectivity index (χ0) is 8.72. The summed E-state index contributed by atoms with van der Waals surface area (Å²) in [5.41, 5.74) is 8.41. The highest BCUT2D eigenvalue weighted by atomic mass is 35.5. The molecule has 12 heavy (non-hydrogen) atoms. The zero-order valence-electron chi connectivity index (χ0n) is 6.69. The highest BCUT2D eigenvalue weighted by Gasteiger charge is 2.01. The molecule has 0 bridgehead atoms. The molecule has 2 aromatic rings. The molecule has 0 amide bonds. The second kappa shape index (κ2) is 2.42. The first-order chi connectivity index (χ1) is 5.66. The van der Waals surface area contributed by atoms with Gasteiger partial charge in [-0.2, -0.15) is 0 Å². The number of aryl methyl sites for hydroxylation is 1. The summed E-state index contributed by atoms with van der Waals surface area (Å²) in [6.45, 7) is 2.00. The third kappa shape index (κ3) is 1.04. The van der Waals surface area contributed by atoms with E-state index in [9.17, 15) is 0 Å². The lowest BCUT2D eigenvalue weighted by atomic mass is 10.2. The number of fused-ring (bicyclic) bond motifs is 1. The Bertz CT molecular complexity index is 392. The van der Waals surface area contributed by atoms with E-state index in [1.54, 1.807) is 0 Å². The smallest absolute Gasteiger partial charge is 0.0642 e. The van der Waals surface area contributed by atoms with Crippen molar-refractivity contribution in [1.82, 2.24) is 4.98 Å². The molecule has 1 aromatic carbocycles. The first-order valence-electron chi connectivity index (χ1n) is 3.71. The van der Waals surface area contributed by atoms with Gasteiger partial charge in [-0.25, -0.2) is 0 Å². The minimum absolute atomic E-state index is 0.613. The summed E-state index contributed by atoms with van der Waals surface area (Å²) in [5.74, 6) is 0. The monoisotopic (exact) mass is 180 g/mol. The first kappa shape index (κ1) is 7.50. The Morgan fingerprint density at radius 1 is 1.33 bits per heavy atom. The maximum Gasteiger partial charge on any atom is 0.0642 e. The van der Waals surface area contributed by atoms with E-state index in [4.69, 9.17) is 17.3 Å². The van der Waals surface area contributed by atoms with Gasteiger partial charge < -0.3 is 10.7 Å². The largest absolute Gasteiger partial charge is 0.397 e. The van der Waals surface area contributed by atoms with Gasteiger partial charge in [-0.3, -0.25) is 0 Å². The number of hydrogen-bond donors (Lipinski definition) is 2. The second-order valence-electron chi connectivity index (χ2n) is 2.91. The molecule has 0 radical (unpaired) electrons. The van der Waals surface area contributed by atoms with Crippen LogP contribution in [0.4, 0.5) is 5.69 Å². The average Bonchev–Trinajstić information content (AvgIpc) is 2.30. The third-order valence-corrected chi connectivity index (χ3v) is 2.20. The van der Waals surface area contributed by atoms with Crippen molar-refractivity contribution in [3.05, 3.63) is 28.9 Å². The Balaban J connectivity index is 2.83. The number of benzene rings is 1. The number of halogens is 1. The minimum atomic E-state index is 0.613. The van der Waals surface area contributed by atoms with Crippen LogP contribution >= 0.6 is 11.6 Å². The Morgan fingerprint density at radius 3 is 2.83 bits per heavy atom. The fourth-order valence-electron chi connectivity index (χ4n) is 1.31.